The summed E-state index contributed by atoms with van der Waals surface area (Å²) in [6, 6.07) is 9.64. The van der Waals surface area contributed by atoms with E-state index in [9.17, 15) is 9.59 Å². The number of carbonyl (C=O) groups excluding carboxylic acids is 1. The zero-order chi connectivity index (χ0) is 13.5. The SMILES string of the molecule is C=C(C(=O)O)C(=O)OCC(CC)c1ccccc1. The minimum atomic E-state index is -1.35. The fourth-order valence-electron chi connectivity index (χ4n) is 1.53. The zero-order valence-corrected chi connectivity index (χ0v) is 10.3. The Labute approximate surface area is 106 Å². The number of carbonyl (C=O) groups is 2. The second-order valence-corrected chi connectivity index (χ2v) is 3.90. The van der Waals surface area contributed by atoms with Gasteiger partial charge in [0.1, 0.15) is 5.57 Å². The van der Waals surface area contributed by atoms with Gasteiger partial charge in [-0.1, -0.05) is 43.8 Å². The van der Waals surface area contributed by atoms with Crippen LogP contribution in [-0.2, 0) is 14.3 Å². The Morgan fingerprint density at radius 1 is 1.33 bits per heavy atom. The first-order valence-corrected chi connectivity index (χ1v) is 5.70. The highest BCUT2D eigenvalue weighted by Gasteiger charge is 2.18. The van der Waals surface area contributed by atoms with Crippen LogP contribution in [0.1, 0.15) is 24.8 Å². The maximum atomic E-state index is 11.3. The van der Waals surface area contributed by atoms with Gasteiger partial charge in [-0.05, 0) is 12.0 Å². The Kier molecular flexibility index (Phi) is 5.11. The smallest absolute Gasteiger partial charge is 0.344 e. The van der Waals surface area contributed by atoms with Gasteiger partial charge in [0.05, 0.1) is 6.61 Å². The van der Waals surface area contributed by atoms with Crippen molar-refractivity contribution in [2.24, 2.45) is 0 Å². The van der Waals surface area contributed by atoms with Crippen molar-refractivity contribution in [1.82, 2.24) is 0 Å². The van der Waals surface area contributed by atoms with Crippen LogP contribution in [0.25, 0.3) is 0 Å². The molecule has 1 N–H and O–H groups in total. The molecule has 0 radical (unpaired) electrons. The predicted molar refractivity (Wildman–Crippen MR) is 67.2 cm³/mol. The van der Waals surface area contributed by atoms with Crippen LogP contribution in [-0.4, -0.2) is 23.7 Å². The molecule has 0 amide bonds. The van der Waals surface area contributed by atoms with Gasteiger partial charge in [-0.3, -0.25) is 0 Å². The molecule has 0 aromatic heterocycles. The molecule has 1 aromatic carbocycles. The van der Waals surface area contributed by atoms with Crippen LogP contribution < -0.4 is 0 Å². The Balaban J connectivity index is 2.58. The summed E-state index contributed by atoms with van der Waals surface area (Å²) >= 11 is 0. The molecule has 1 aromatic rings. The van der Waals surface area contributed by atoms with E-state index in [1.807, 2.05) is 37.3 Å². The van der Waals surface area contributed by atoms with E-state index in [2.05, 4.69) is 6.58 Å². The lowest BCUT2D eigenvalue weighted by Crippen LogP contribution is -2.17. The van der Waals surface area contributed by atoms with E-state index in [4.69, 9.17) is 9.84 Å². The van der Waals surface area contributed by atoms with Crippen LogP contribution in [0.4, 0.5) is 0 Å². The van der Waals surface area contributed by atoms with Crippen molar-refractivity contribution >= 4 is 11.9 Å². The molecule has 1 atom stereocenters. The van der Waals surface area contributed by atoms with Crippen LogP contribution in [0.3, 0.4) is 0 Å². The fourth-order valence-corrected chi connectivity index (χ4v) is 1.53. The molecule has 0 aliphatic heterocycles. The molecule has 0 heterocycles. The van der Waals surface area contributed by atoms with Crippen molar-refractivity contribution in [3.05, 3.63) is 48.0 Å². The second kappa shape index (κ2) is 6.59. The van der Waals surface area contributed by atoms with Crippen molar-refractivity contribution in [3.8, 4) is 0 Å². The van der Waals surface area contributed by atoms with Gasteiger partial charge in [0.2, 0.25) is 0 Å². The lowest BCUT2D eigenvalue weighted by atomic mass is 9.98. The number of aliphatic carboxylic acids is 1. The standard InChI is InChI=1S/C14H16O4/c1-3-11(12-7-5-4-6-8-12)9-18-14(17)10(2)13(15)16/h4-8,11H,2-3,9H2,1H3,(H,15,16). The average Bonchev–Trinajstić information content (AvgIpc) is 2.39. The van der Waals surface area contributed by atoms with E-state index in [1.54, 1.807) is 0 Å². The first-order chi connectivity index (χ1) is 8.56. The van der Waals surface area contributed by atoms with Gasteiger partial charge in [0, 0.05) is 5.92 Å². The molecule has 0 fully saturated rings. The third-order valence-electron chi connectivity index (χ3n) is 2.68. The van der Waals surface area contributed by atoms with Gasteiger partial charge in [-0.15, -0.1) is 0 Å². The molecule has 0 spiro atoms. The summed E-state index contributed by atoms with van der Waals surface area (Å²) in [5, 5.41) is 8.59. The number of esters is 1. The molecule has 0 bridgehead atoms. The van der Waals surface area contributed by atoms with Crippen molar-refractivity contribution in [2.75, 3.05) is 6.61 Å². The Morgan fingerprint density at radius 2 is 1.94 bits per heavy atom. The summed E-state index contributed by atoms with van der Waals surface area (Å²) in [7, 11) is 0. The molecule has 18 heavy (non-hydrogen) atoms. The van der Waals surface area contributed by atoms with Gasteiger partial charge >= 0.3 is 11.9 Å². The van der Waals surface area contributed by atoms with Crippen LogP contribution in [0.15, 0.2) is 42.5 Å². The number of carboxylic acid groups (broad SMARTS) is 1. The molecule has 4 heteroatoms. The van der Waals surface area contributed by atoms with Crippen molar-refractivity contribution in [3.63, 3.8) is 0 Å². The van der Waals surface area contributed by atoms with E-state index in [1.165, 1.54) is 0 Å². The molecule has 1 rings (SSSR count). The van der Waals surface area contributed by atoms with E-state index < -0.39 is 17.5 Å². The quantitative estimate of drug-likeness (QED) is 0.363. The summed E-state index contributed by atoms with van der Waals surface area (Å²) in [5.41, 5.74) is 0.520. The third kappa shape index (κ3) is 3.73. The second-order valence-electron chi connectivity index (χ2n) is 3.90. The van der Waals surface area contributed by atoms with Gasteiger partial charge < -0.3 is 9.84 Å². The van der Waals surface area contributed by atoms with Gasteiger partial charge in [0.15, 0.2) is 0 Å². The summed E-state index contributed by atoms with van der Waals surface area (Å²) in [5.74, 6) is -2.17. The highest BCUT2D eigenvalue weighted by Crippen LogP contribution is 2.19. The predicted octanol–water partition coefficient (Wildman–Crippen LogP) is 2.36. The van der Waals surface area contributed by atoms with E-state index >= 15 is 0 Å². The largest absolute Gasteiger partial charge is 0.477 e. The lowest BCUT2D eigenvalue weighted by Gasteiger charge is -2.15. The third-order valence-corrected chi connectivity index (χ3v) is 2.68. The number of hydrogen-bond acceptors (Lipinski definition) is 3. The number of carboxylic acids is 1. The molecule has 0 saturated carbocycles. The topological polar surface area (TPSA) is 63.6 Å². The van der Waals surface area contributed by atoms with Crippen LogP contribution in [0.2, 0.25) is 0 Å². The summed E-state index contributed by atoms with van der Waals surface area (Å²) in [6.45, 7) is 5.30. The molecule has 4 nitrogen and oxygen atoms in total. The Morgan fingerprint density at radius 3 is 2.44 bits per heavy atom. The minimum absolute atomic E-state index is 0.0664. The van der Waals surface area contributed by atoms with Gasteiger partial charge in [-0.25, -0.2) is 9.59 Å². The molecule has 1 unspecified atom stereocenters. The zero-order valence-electron chi connectivity index (χ0n) is 10.3. The van der Waals surface area contributed by atoms with Gasteiger partial charge in [0.25, 0.3) is 0 Å². The average molecular weight is 248 g/mol. The van der Waals surface area contributed by atoms with Crippen molar-refractivity contribution in [2.45, 2.75) is 19.3 Å². The molecule has 96 valence electrons. The summed E-state index contributed by atoms with van der Waals surface area (Å²) < 4.78 is 4.95. The first kappa shape index (κ1) is 14.0. The maximum absolute atomic E-state index is 11.3. The molecule has 0 aliphatic rings. The van der Waals surface area contributed by atoms with Crippen LogP contribution in [0, 0.1) is 0 Å². The molecule has 0 aliphatic carbocycles. The first-order valence-electron chi connectivity index (χ1n) is 5.70. The number of hydrogen-bond donors (Lipinski definition) is 1. The lowest BCUT2D eigenvalue weighted by molar-refractivity contribution is -0.144. The summed E-state index contributed by atoms with van der Waals surface area (Å²) in [4.78, 5) is 21.9. The Bertz CT molecular complexity index is 436. The minimum Gasteiger partial charge on any atom is -0.477 e. The number of rotatable bonds is 6. The molecular weight excluding hydrogens is 232 g/mol. The van der Waals surface area contributed by atoms with Crippen LogP contribution >= 0.6 is 0 Å². The summed E-state index contributed by atoms with van der Waals surface area (Å²) in [6.07, 6.45) is 0.802. The Hall–Kier alpha value is -2.10. The number of benzene rings is 1. The highest BCUT2D eigenvalue weighted by molar-refractivity contribution is 6.12. The fraction of sp³-hybridized carbons (Fsp3) is 0.286. The highest BCUT2D eigenvalue weighted by atomic mass is 16.5. The van der Waals surface area contributed by atoms with E-state index in [-0.39, 0.29) is 12.5 Å². The number of ether oxygens (including phenoxy) is 1. The van der Waals surface area contributed by atoms with E-state index in [0.717, 1.165) is 12.0 Å². The molecular formula is C14H16O4. The van der Waals surface area contributed by atoms with Gasteiger partial charge in [-0.2, -0.15) is 0 Å². The maximum Gasteiger partial charge on any atom is 0.344 e. The van der Waals surface area contributed by atoms with E-state index in [0.29, 0.717) is 0 Å². The normalized spacial score (nSPS) is 11.6. The van der Waals surface area contributed by atoms with Crippen molar-refractivity contribution in [1.29, 1.82) is 0 Å². The monoisotopic (exact) mass is 248 g/mol. The van der Waals surface area contributed by atoms with Crippen LogP contribution in [0.5, 0.6) is 0 Å². The van der Waals surface area contributed by atoms with Crippen molar-refractivity contribution < 1.29 is 19.4 Å². The molecule has 0 saturated heterocycles.